The number of nitrogens with two attached hydrogens (primary N) is 1. The van der Waals surface area contributed by atoms with Crippen LogP contribution in [0.4, 0.5) is 9.52 Å². The third kappa shape index (κ3) is 3.28. The van der Waals surface area contributed by atoms with Gasteiger partial charge in [-0.25, -0.2) is 9.37 Å². The van der Waals surface area contributed by atoms with Crippen LogP contribution in [0, 0.1) is 5.82 Å². The van der Waals surface area contributed by atoms with Gasteiger partial charge in [0, 0.05) is 5.56 Å². The Balaban J connectivity index is 1.84. The summed E-state index contributed by atoms with van der Waals surface area (Å²) in [5.74, 6) is -0.227. The molecule has 0 saturated carbocycles. The molecule has 4 aromatic rings. The van der Waals surface area contributed by atoms with Crippen molar-refractivity contribution in [3.8, 4) is 11.1 Å². The molecule has 5 heteroatoms. The number of hydrogen-bond donors (Lipinski definition) is 1. The van der Waals surface area contributed by atoms with Gasteiger partial charge in [-0.3, -0.25) is 0 Å². The molecule has 25 heavy (non-hydrogen) atoms. The van der Waals surface area contributed by atoms with Gasteiger partial charge >= 0.3 is 0 Å². The molecular formula is C20H14BFN2S. The summed E-state index contributed by atoms with van der Waals surface area (Å²) in [7, 11) is 5.94. The molecule has 2 radical (unpaired) electrons. The number of nitrogens with zero attached hydrogens (tertiary/aromatic N) is 1. The minimum atomic E-state index is -0.227. The zero-order chi connectivity index (χ0) is 17.4. The number of rotatable bonds is 3. The van der Waals surface area contributed by atoms with Gasteiger partial charge < -0.3 is 5.73 Å². The fraction of sp³-hybridized carbons (Fsp3) is 0.0500. The second kappa shape index (κ2) is 6.33. The van der Waals surface area contributed by atoms with Gasteiger partial charge in [0.25, 0.3) is 0 Å². The molecule has 0 amide bonds. The molecule has 0 unspecified atom stereocenters. The van der Waals surface area contributed by atoms with Gasteiger partial charge in [0.15, 0.2) is 5.13 Å². The largest absolute Gasteiger partial charge is 0.375 e. The van der Waals surface area contributed by atoms with E-state index >= 15 is 0 Å². The molecule has 0 atom stereocenters. The van der Waals surface area contributed by atoms with E-state index in [4.69, 9.17) is 13.6 Å². The van der Waals surface area contributed by atoms with E-state index in [1.54, 1.807) is 12.1 Å². The summed E-state index contributed by atoms with van der Waals surface area (Å²) < 4.78 is 14.2. The van der Waals surface area contributed by atoms with Crippen LogP contribution in [0.3, 0.4) is 0 Å². The third-order valence-corrected chi connectivity index (χ3v) is 4.92. The predicted molar refractivity (Wildman–Crippen MR) is 104 cm³/mol. The van der Waals surface area contributed by atoms with Gasteiger partial charge in [-0.1, -0.05) is 53.2 Å². The fourth-order valence-electron chi connectivity index (χ4n) is 2.97. The molecule has 4 rings (SSSR count). The van der Waals surface area contributed by atoms with Crippen LogP contribution in [-0.2, 0) is 6.42 Å². The summed E-state index contributed by atoms with van der Waals surface area (Å²) in [5.41, 5.74) is 11.7. The average molecular weight is 344 g/mol. The molecule has 0 saturated heterocycles. The zero-order valence-corrected chi connectivity index (χ0v) is 14.2. The van der Waals surface area contributed by atoms with E-state index < -0.39 is 0 Å². The summed E-state index contributed by atoms with van der Waals surface area (Å²) >= 11 is 1.47. The highest BCUT2D eigenvalue weighted by atomic mass is 32.1. The number of aromatic nitrogens is 1. The van der Waals surface area contributed by atoms with Crippen LogP contribution in [-0.4, -0.2) is 12.8 Å². The summed E-state index contributed by atoms with van der Waals surface area (Å²) in [4.78, 5) is 4.48. The van der Waals surface area contributed by atoms with Gasteiger partial charge in [-0.2, -0.15) is 0 Å². The first kappa shape index (κ1) is 15.8. The van der Waals surface area contributed by atoms with Crippen LogP contribution < -0.4 is 11.2 Å². The Morgan fingerprint density at radius 1 is 1.00 bits per heavy atom. The highest BCUT2D eigenvalue weighted by Gasteiger charge is 2.12. The predicted octanol–water partition coefficient (Wildman–Crippen LogP) is 4.07. The number of halogens is 1. The lowest BCUT2D eigenvalue weighted by Crippen LogP contribution is -2.00. The SMILES string of the molecule is [B]c1cccc(-c2cc(Cc3ccc(F)cc3)cc3sc(N)nc23)c1. The van der Waals surface area contributed by atoms with Crippen molar-refractivity contribution in [3.63, 3.8) is 0 Å². The van der Waals surface area contributed by atoms with Crippen molar-refractivity contribution < 1.29 is 4.39 Å². The van der Waals surface area contributed by atoms with E-state index in [-0.39, 0.29) is 5.82 Å². The number of fused-ring (bicyclic) bond motifs is 1. The van der Waals surface area contributed by atoms with Crippen molar-refractivity contribution in [1.29, 1.82) is 0 Å². The molecule has 2 N–H and O–H groups in total. The molecule has 1 heterocycles. The standard InChI is InChI=1S/C20H14BFN2S/c21-15-3-1-2-14(11-15)17-9-13(8-12-4-6-16(22)7-5-12)10-18-19(17)24-20(23)25-18/h1-7,9-11H,8H2,(H2,23,24). The summed E-state index contributed by atoms with van der Waals surface area (Å²) in [6, 6.07) is 18.5. The third-order valence-electron chi connectivity index (χ3n) is 4.09. The topological polar surface area (TPSA) is 38.9 Å². The smallest absolute Gasteiger partial charge is 0.181 e. The van der Waals surface area contributed by atoms with E-state index in [2.05, 4.69) is 17.1 Å². The fourth-order valence-corrected chi connectivity index (χ4v) is 3.79. The van der Waals surface area contributed by atoms with E-state index in [0.29, 0.717) is 17.0 Å². The minimum absolute atomic E-state index is 0.227. The van der Waals surface area contributed by atoms with Crippen LogP contribution in [0.25, 0.3) is 21.3 Å². The van der Waals surface area contributed by atoms with E-state index in [1.807, 2.05) is 24.3 Å². The van der Waals surface area contributed by atoms with E-state index in [1.165, 1.54) is 23.5 Å². The monoisotopic (exact) mass is 344 g/mol. The average Bonchev–Trinajstić information content (AvgIpc) is 2.96. The van der Waals surface area contributed by atoms with Gasteiger partial charge in [-0.15, -0.1) is 0 Å². The highest BCUT2D eigenvalue weighted by Crippen LogP contribution is 2.34. The van der Waals surface area contributed by atoms with Crippen molar-refractivity contribution >= 4 is 40.0 Å². The highest BCUT2D eigenvalue weighted by molar-refractivity contribution is 7.22. The van der Waals surface area contributed by atoms with Crippen molar-refractivity contribution in [2.75, 3.05) is 5.73 Å². The second-order valence-corrected chi connectivity index (χ2v) is 7.03. The second-order valence-electron chi connectivity index (χ2n) is 5.97. The Bertz CT molecular complexity index is 1060. The summed E-state index contributed by atoms with van der Waals surface area (Å²) in [6.07, 6.45) is 0.712. The maximum atomic E-state index is 13.1. The molecule has 0 aliphatic rings. The Morgan fingerprint density at radius 3 is 2.56 bits per heavy atom. The number of benzene rings is 3. The molecule has 3 aromatic carbocycles. The molecule has 0 spiro atoms. The molecule has 0 fully saturated rings. The Labute approximate surface area is 150 Å². The van der Waals surface area contributed by atoms with E-state index in [0.717, 1.165) is 32.5 Å². The Hall–Kier alpha value is -2.66. The lowest BCUT2D eigenvalue weighted by atomic mass is 9.91. The number of thiazole rings is 1. The first-order chi connectivity index (χ1) is 12.1. The Kier molecular flexibility index (Phi) is 4.02. The number of hydrogen-bond acceptors (Lipinski definition) is 3. The van der Waals surface area contributed by atoms with Crippen LogP contribution in [0.5, 0.6) is 0 Å². The molecule has 120 valence electrons. The minimum Gasteiger partial charge on any atom is -0.375 e. The molecular weight excluding hydrogens is 330 g/mol. The van der Waals surface area contributed by atoms with Gasteiger partial charge in [0.05, 0.1) is 10.2 Å². The molecule has 1 aromatic heterocycles. The lowest BCUT2D eigenvalue weighted by Gasteiger charge is -2.09. The van der Waals surface area contributed by atoms with Crippen molar-refractivity contribution in [1.82, 2.24) is 4.98 Å². The van der Waals surface area contributed by atoms with Crippen molar-refractivity contribution in [2.24, 2.45) is 0 Å². The van der Waals surface area contributed by atoms with Crippen LogP contribution in [0.1, 0.15) is 11.1 Å². The Morgan fingerprint density at radius 2 is 1.80 bits per heavy atom. The maximum Gasteiger partial charge on any atom is 0.181 e. The van der Waals surface area contributed by atoms with Crippen LogP contribution >= 0.6 is 11.3 Å². The maximum absolute atomic E-state index is 13.1. The quantitative estimate of drug-likeness (QED) is 0.569. The van der Waals surface area contributed by atoms with Gasteiger partial charge in [0.1, 0.15) is 13.7 Å². The van der Waals surface area contributed by atoms with Crippen molar-refractivity contribution in [2.45, 2.75) is 6.42 Å². The molecule has 0 aliphatic carbocycles. The van der Waals surface area contributed by atoms with Gasteiger partial charge in [-0.05, 0) is 47.4 Å². The molecule has 2 nitrogen and oxygen atoms in total. The molecule has 0 aliphatic heterocycles. The zero-order valence-electron chi connectivity index (χ0n) is 13.4. The first-order valence-electron chi connectivity index (χ1n) is 7.88. The number of anilines is 1. The molecule has 0 bridgehead atoms. The first-order valence-corrected chi connectivity index (χ1v) is 8.69. The van der Waals surface area contributed by atoms with E-state index in [9.17, 15) is 4.39 Å². The van der Waals surface area contributed by atoms with Gasteiger partial charge in [0.2, 0.25) is 0 Å². The summed E-state index contributed by atoms with van der Waals surface area (Å²) in [6.45, 7) is 0. The lowest BCUT2D eigenvalue weighted by molar-refractivity contribution is 0.627. The van der Waals surface area contributed by atoms with Crippen LogP contribution in [0.15, 0.2) is 60.7 Å². The normalized spacial score (nSPS) is 11.1. The number of nitrogen functional groups attached to an aromatic ring is 1. The van der Waals surface area contributed by atoms with Crippen molar-refractivity contribution in [3.05, 3.63) is 77.6 Å². The summed E-state index contributed by atoms with van der Waals surface area (Å²) in [5, 5.41) is 0.541. The van der Waals surface area contributed by atoms with Crippen LogP contribution in [0.2, 0.25) is 0 Å².